The number of ether oxygens (including phenoxy) is 1. The first-order valence-corrected chi connectivity index (χ1v) is 9.32. The van der Waals surface area contributed by atoms with Crippen LogP contribution in [-0.2, 0) is 16.4 Å². The summed E-state index contributed by atoms with van der Waals surface area (Å²) >= 11 is 3.16. The Morgan fingerprint density at radius 3 is 2.38 bits per heavy atom. The van der Waals surface area contributed by atoms with Crippen molar-refractivity contribution < 1.29 is 13.2 Å². The molecule has 0 fully saturated rings. The molecular weight excluding hydrogens is 394 g/mol. The highest BCUT2D eigenvalue weighted by Gasteiger charge is 2.25. The van der Waals surface area contributed by atoms with E-state index in [4.69, 9.17) is 4.74 Å². The number of hydrogen-bond acceptors (Lipinski definition) is 5. The number of methoxy groups -OCH3 is 1. The Morgan fingerprint density at radius 1 is 1.08 bits per heavy atom. The fourth-order valence-electron chi connectivity index (χ4n) is 2.21. The lowest BCUT2D eigenvalue weighted by Gasteiger charge is -2.08. The maximum atomic E-state index is 12.8. The summed E-state index contributed by atoms with van der Waals surface area (Å²) in [5.74, 6) is 0.732. The van der Waals surface area contributed by atoms with E-state index in [1.807, 2.05) is 24.3 Å². The second-order valence-electron chi connectivity index (χ2n) is 4.99. The average molecular weight is 408 g/mol. The average Bonchev–Trinajstić information content (AvgIpc) is 2.97. The van der Waals surface area contributed by atoms with E-state index in [1.165, 1.54) is 16.8 Å². The van der Waals surface area contributed by atoms with Gasteiger partial charge in [0, 0.05) is 0 Å². The van der Waals surface area contributed by atoms with Crippen LogP contribution in [0.5, 0.6) is 5.75 Å². The van der Waals surface area contributed by atoms with Gasteiger partial charge in [0.05, 0.1) is 18.6 Å². The fraction of sp³-hybridized carbons (Fsp3) is 0.125. The first-order chi connectivity index (χ1) is 11.5. The number of nitrogens with zero attached hydrogens (tertiary/aromatic N) is 3. The molecule has 6 nitrogen and oxygen atoms in total. The molecule has 0 saturated heterocycles. The maximum absolute atomic E-state index is 12.8. The highest BCUT2D eigenvalue weighted by Crippen LogP contribution is 2.22. The van der Waals surface area contributed by atoms with Crippen molar-refractivity contribution in [2.45, 2.75) is 16.6 Å². The van der Waals surface area contributed by atoms with E-state index in [2.05, 4.69) is 26.0 Å². The zero-order valence-electron chi connectivity index (χ0n) is 12.8. The van der Waals surface area contributed by atoms with Crippen LogP contribution in [0.1, 0.15) is 5.56 Å². The van der Waals surface area contributed by atoms with Gasteiger partial charge in [0.25, 0.3) is 5.16 Å². The molecule has 8 heteroatoms. The van der Waals surface area contributed by atoms with Crippen molar-refractivity contribution in [3.05, 3.63) is 64.9 Å². The Bertz CT molecular complexity index is 938. The van der Waals surface area contributed by atoms with E-state index in [0.717, 1.165) is 11.3 Å². The predicted octanol–water partition coefficient (Wildman–Crippen LogP) is 2.93. The minimum absolute atomic E-state index is 0.101. The molecule has 0 saturated carbocycles. The molecule has 0 spiro atoms. The van der Waals surface area contributed by atoms with Gasteiger partial charge in [-0.3, -0.25) is 0 Å². The number of halogens is 1. The van der Waals surface area contributed by atoms with Gasteiger partial charge in [-0.15, -0.1) is 5.10 Å². The number of rotatable bonds is 5. The number of benzene rings is 2. The molecule has 0 atom stereocenters. The van der Waals surface area contributed by atoms with Crippen LogP contribution in [0.25, 0.3) is 0 Å². The molecule has 3 rings (SSSR count). The molecule has 0 amide bonds. The van der Waals surface area contributed by atoms with Crippen molar-refractivity contribution in [1.82, 2.24) is 14.8 Å². The lowest BCUT2D eigenvalue weighted by atomic mass is 10.2. The van der Waals surface area contributed by atoms with Gasteiger partial charge in [0.1, 0.15) is 5.75 Å². The maximum Gasteiger partial charge on any atom is 0.251 e. The normalized spacial score (nSPS) is 11.4. The summed E-state index contributed by atoms with van der Waals surface area (Å²) in [6, 6.07) is 15.5. The summed E-state index contributed by atoms with van der Waals surface area (Å²) in [4.78, 5) is 4.23. The second kappa shape index (κ2) is 6.74. The van der Waals surface area contributed by atoms with Crippen molar-refractivity contribution in [2.24, 2.45) is 0 Å². The van der Waals surface area contributed by atoms with Crippen LogP contribution in [0.15, 0.2) is 69.4 Å². The number of hydrogen-bond donors (Lipinski definition) is 0. The fourth-order valence-corrected chi connectivity index (χ4v) is 4.00. The van der Waals surface area contributed by atoms with Crippen LogP contribution in [0, 0.1) is 0 Å². The van der Waals surface area contributed by atoms with Gasteiger partial charge in [-0.1, -0.05) is 30.3 Å². The summed E-state index contributed by atoms with van der Waals surface area (Å²) in [6.07, 6.45) is 0. The molecule has 0 radical (unpaired) electrons. The van der Waals surface area contributed by atoms with Gasteiger partial charge in [-0.25, -0.2) is 13.1 Å². The van der Waals surface area contributed by atoms with E-state index in [9.17, 15) is 8.42 Å². The molecule has 2 aromatic carbocycles. The zero-order valence-corrected chi connectivity index (χ0v) is 15.2. The Morgan fingerprint density at radius 2 is 1.75 bits per heavy atom. The molecule has 3 aromatic rings. The molecule has 0 bridgehead atoms. The van der Waals surface area contributed by atoms with Crippen LogP contribution in [0.4, 0.5) is 0 Å². The zero-order chi connectivity index (χ0) is 17.2. The molecule has 24 heavy (non-hydrogen) atoms. The quantitative estimate of drug-likeness (QED) is 0.649. The molecule has 0 aliphatic carbocycles. The van der Waals surface area contributed by atoms with Crippen molar-refractivity contribution in [3.63, 3.8) is 0 Å². The van der Waals surface area contributed by atoms with E-state index < -0.39 is 9.84 Å². The minimum atomic E-state index is -3.75. The Hall–Kier alpha value is -2.19. The monoisotopic (exact) mass is 407 g/mol. The summed E-state index contributed by atoms with van der Waals surface area (Å²) in [5, 5.41) is 4.05. The summed E-state index contributed by atoms with van der Waals surface area (Å²) < 4.78 is 32.3. The first-order valence-electron chi connectivity index (χ1n) is 7.04. The van der Waals surface area contributed by atoms with Crippen LogP contribution < -0.4 is 4.74 Å². The molecule has 124 valence electrons. The third-order valence-electron chi connectivity index (χ3n) is 3.40. The molecular formula is C16H14BrN3O3S. The molecule has 0 unspecified atom stereocenters. The Balaban J connectivity index is 1.99. The van der Waals surface area contributed by atoms with Gasteiger partial charge in [-0.2, -0.15) is 4.98 Å². The Kier molecular flexibility index (Phi) is 4.68. The molecule has 0 N–H and O–H groups in total. The van der Waals surface area contributed by atoms with Crippen LogP contribution in [0.3, 0.4) is 0 Å². The SMILES string of the molecule is COc1ccc(Cn2nc(Br)nc2S(=O)(=O)c2ccccc2)cc1. The predicted molar refractivity (Wildman–Crippen MR) is 91.7 cm³/mol. The highest BCUT2D eigenvalue weighted by atomic mass is 79.9. The van der Waals surface area contributed by atoms with E-state index in [1.54, 1.807) is 25.3 Å². The van der Waals surface area contributed by atoms with Crippen LogP contribution in [0.2, 0.25) is 0 Å². The summed E-state index contributed by atoms with van der Waals surface area (Å²) in [7, 11) is -2.16. The highest BCUT2D eigenvalue weighted by molar-refractivity contribution is 9.10. The number of aromatic nitrogens is 3. The van der Waals surface area contributed by atoms with E-state index >= 15 is 0 Å². The van der Waals surface area contributed by atoms with Crippen molar-refractivity contribution in [3.8, 4) is 5.75 Å². The van der Waals surface area contributed by atoms with Gasteiger partial charge in [-0.05, 0) is 45.8 Å². The minimum Gasteiger partial charge on any atom is -0.497 e. The standard InChI is InChI=1S/C16H14BrN3O3S/c1-23-13-9-7-12(8-10-13)11-20-16(18-15(17)19-20)24(21,22)14-5-3-2-4-6-14/h2-10H,11H2,1H3. The summed E-state index contributed by atoms with van der Waals surface area (Å²) in [6.45, 7) is 0.282. The first kappa shape index (κ1) is 16.7. The largest absolute Gasteiger partial charge is 0.497 e. The van der Waals surface area contributed by atoms with E-state index in [0.29, 0.717) is 0 Å². The molecule has 0 aliphatic rings. The lowest BCUT2D eigenvalue weighted by Crippen LogP contribution is -2.13. The van der Waals surface area contributed by atoms with Crippen molar-refractivity contribution in [1.29, 1.82) is 0 Å². The molecule has 1 heterocycles. The third kappa shape index (κ3) is 3.34. The topological polar surface area (TPSA) is 74.1 Å². The molecule has 1 aromatic heterocycles. The van der Waals surface area contributed by atoms with Gasteiger partial charge >= 0.3 is 0 Å². The number of sulfone groups is 1. The van der Waals surface area contributed by atoms with Crippen molar-refractivity contribution in [2.75, 3.05) is 7.11 Å². The second-order valence-corrected chi connectivity index (χ2v) is 7.54. The summed E-state index contributed by atoms with van der Waals surface area (Å²) in [5.41, 5.74) is 0.887. The smallest absolute Gasteiger partial charge is 0.251 e. The van der Waals surface area contributed by atoms with Crippen LogP contribution >= 0.6 is 15.9 Å². The van der Waals surface area contributed by atoms with Gasteiger partial charge in [0.2, 0.25) is 14.6 Å². The van der Waals surface area contributed by atoms with Crippen molar-refractivity contribution >= 4 is 25.8 Å². The third-order valence-corrected chi connectivity index (χ3v) is 5.41. The Labute approximate surface area is 148 Å². The molecule has 0 aliphatic heterocycles. The van der Waals surface area contributed by atoms with Gasteiger partial charge in [0.15, 0.2) is 0 Å². The lowest BCUT2D eigenvalue weighted by molar-refractivity contribution is 0.414. The van der Waals surface area contributed by atoms with Gasteiger partial charge < -0.3 is 4.74 Å². The van der Waals surface area contributed by atoms with Crippen LogP contribution in [-0.4, -0.2) is 30.3 Å². The van der Waals surface area contributed by atoms with E-state index in [-0.39, 0.29) is 21.3 Å².